The lowest BCUT2D eigenvalue weighted by Gasteiger charge is -2.35. The Balaban J connectivity index is 1.55. The number of hydrogen-bond donors (Lipinski definition) is 0. The molecular formula is C22H25FN2O. The third-order valence-electron chi connectivity index (χ3n) is 5.69. The summed E-state index contributed by atoms with van der Waals surface area (Å²) in [5.41, 5.74) is 2.49. The Labute approximate surface area is 154 Å². The molecule has 0 amide bonds. The van der Waals surface area contributed by atoms with E-state index in [1.165, 1.54) is 11.6 Å². The number of benzene rings is 1. The Morgan fingerprint density at radius 1 is 1.12 bits per heavy atom. The topological polar surface area (TPSA) is 33.2 Å². The van der Waals surface area contributed by atoms with Crippen LogP contribution in [0.4, 0.5) is 10.2 Å². The van der Waals surface area contributed by atoms with E-state index in [0.29, 0.717) is 23.7 Å². The van der Waals surface area contributed by atoms with Crippen LogP contribution in [0.3, 0.4) is 0 Å². The fraction of sp³-hybridized carbons (Fsp3) is 0.455. The fourth-order valence-electron chi connectivity index (χ4n) is 4.31. The summed E-state index contributed by atoms with van der Waals surface area (Å²) in [5.74, 6) is 0.585. The second-order valence-electron chi connectivity index (χ2n) is 8.40. The first kappa shape index (κ1) is 17.2. The molecule has 26 heavy (non-hydrogen) atoms. The molecule has 1 aliphatic heterocycles. The molecule has 3 nitrogen and oxygen atoms in total. The first-order valence-corrected chi connectivity index (χ1v) is 9.45. The van der Waals surface area contributed by atoms with Crippen molar-refractivity contribution >= 4 is 11.6 Å². The van der Waals surface area contributed by atoms with Gasteiger partial charge in [0.1, 0.15) is 0 Å². The number of carbonyl (C=O) groups excluding carboxylic acids is 1. The van der Waals surface area contributed by atoms with Crippen molar-refractivity contribution in [1.82, 2.24) is 4.98 Å². The number of piperidine rings is 1. The van der Waals surface area contributed by atoms with Crippen molar-refractivity contribution < 1.29 is 9.18 Å². The fourth-order valence-corrected chi connectivity index (χ4v) is 4.31. The zero-order chi connectivity index (χ0) is 18.3. The van der Waals surface area contributed by atoms with Crippen molar-refractivity contribution in [3.63, 3.8) is 0 Å². The second kappa shape index (κ2) is 6.49. The average molecular weight is 352 g/mol. The van der Waals surface area contributed by atoms with Crippen LogP contribution in [0.2, 0.25) is 0 Å². The van der Waals surface area contributed by atoms with E-state index in [0.717, 1.165) is 38.0 Å². The van der Waals surface area contributed by atoms with Crippen LogP contribution < -0.4 is 4.90 Å². The number of nitrogens with zero attached hydrogens (tertiary/aromatic N) is 2. The van der Waals surface area contributed by atoms with Crippen LogP contribution in [0.15, 0.2) is 36.4 Å². The molecule has 2 aromatic rings. The van der Waals surface area contributed by atoms with Gasteiger partial charge in [-0.2, -0.15) is 0 Å². The van der Waals surface area contributed by atoms with Gasteiger partial charge in [0.15, 0.2) is 17.4 Å². The van der Waals surface area contributed by atoms with Gasteiger partial charge in [0.25, 0.3) is 0 Å². The first-order chi connectivity index (χ1) is 12.4. The normalized spacial score (nSPS) is 20.1. The highest BCUT2D eigenvalue weighted by molar-refractivity contribution is 5.98. The molecule has 0 radical (unpaired) electrons. The van der Waals surface area contributed by atoms with Gasteiger partial charge in [0, 0.05) is 25.1 Å². The summed E-state index contributed by atoms with van der Waals surface area (Å²) in [4.78, 5) is 19.0. The number of anilines is 1. The van der Waals surface area contributed by atoms with Crippen molar-refractivity contribution in [3.8, 4) is 0 Å². The summed E-state index contributed by atoms with van der Waals surface area (Å²) in [7, 11) is 0. The Hall–Kier alpha value is -2.23. The van der Waals surface area contributed by atoms with E-state index in [1.807, 2.05) is 11.0 Å². The molecule has 2 heterocycles. The van der Waals surface area contributed by atoms with Gasteiger partial charge >= 0.3 is 0 Å². The third-order valence-corrected chi connectivity index (χ3v) is 5.69. The number of Topliss-reactive ketones (excluding diaryl/α,β-unsaturated/α-hetero) is 1. The minimum Gasteiger partial charge on any atom is -0.354 e. The number of rotatable bonds is 2. The number of ketones is 1. The number of aromatic nitrogens is 1. The maximum atomic E-state index is 14.7. The molecule has 4 heteroatoms. The maximum Gasteiger partial charge on any atom is 0.166 e. The van der Waals surface area contributed by atoms with Gasteiger partial charge in [-0.15, -0.1) is 0 Å². The summed E-state index contributed by atoms with van der Waals surface area (Å²) < 4.78 is 14.7. The van der Waals surface area contributed by atoms with E-state index in [4.69, 9.17) is 0 Å². The number of carbonyl (C=O) groups is 1. The molecule has 136 valence electrons. The van der Waals surface area contributed by atoms with Crippen LogP contribution in [0.25, 0.3) is 0 Å². The molecule has 0 saturated carbocycles. The Bertz CT molecular complexity index is 824. The molecule has 0 bridgehead atoms. The van der Waals surface area contributed by atoms with Gasteiger partial charge in [-0.05, 0) is 42.2 Å². The quantitative estimate of drug-likeness (QED) is 0.781. The van der Waals surface area contributed by atoms with Crippen LogP contribution >= 0.6 is 0 Å². The van der Waals surface area contributed by atoms with Crippen molar-refractivity contribution in [3.05, 3.63) is 59.0 Å². The maximum absolute atomic E-state index is 14.7. The van der Waals surface area contributed by atoms with Crippen LogP contribution in [0, 0.1) is 11.2 Å². The van der Waals surface area contributed by atoms with E-state index in [9.17, 15) is 9.18 Å². The summed E-state index contributed by atoms with van der Waals surface area (Å²) in [5, 5.41) is 0. The molecular weight excluding hydrogens is 327 g/mol. The minimum absolute atomic E-state index is 0.0111. The van der Waals surface area contributed by atoms with Crippen LogP contribution in [-0.4, -0.2) is 23.9 Å². The molecule has 0 spiro atoms. The van der Waals surface area contributed by atoms with Crippen LogP contribution in [0.5, 0.6) is 0 Å². The first-order valence-electron chi connectivity index (χ1n) is 9.45. The average Bonchev–Trinajstić information content (AvgIpc) is 2.62. The molecule has 0 atom stereocenters. The lowest BCUT2D eigenvalue weighted by Crippen LogP contribution is -2.35. The van der Waals surface area contributed by atoms with Crippen molar-refractivity contribution in [2.75, 3.05) is 18.0 Å². The molecule has 0 unspecified atom stereocenters. The highest BCUT2D eigenvalue weighted by atomic mass is 19.1. The molecule has 1 saturated heterocycles. The summed E-state index contributed by atoms with van der Waals surface area (Å²) in [6.07, 6.45) is 3.17. The molecule has 1 fully saturated rings. The molecule has 4 rings (SSSR count). The summed E-state index contributed by atoms with van der Waals surface area (Å²) >= 11 is 0. The standard InChI is InChI=1S/C22H25FN2O/c1-22(2)13-19-17(20(26)14-22)12-18(23)21(24-19)25-10-8-16(9-11-25)15-6-4-3-5-7-15/h3-7,12,16H,8-11,13-14H2,1-2H3. The number of fused-ring (bicyclic) bond motifs is 1. The zero-order valence-electron chi connectivity index (χ0n) is 15.5. The SMILES string of the molecule is CC1(C)CC(=O)c2cc(F)c(N3CCC(c4ccccc4)CC3)nc2C1. The Kier molecular flexibility index (Phi) is 4.29. The van der Waals surface area contributed by atoms with E-state index in [2.05, 4.69) is 43.1 Å². The van der Waals surface area contributed by atoms with Gasteiger partial charge in [-0.25, -0.2) is 9.37 Å². The molecule has 1 aromatic heterocycles. The van der Waals surface area contributed by atoms with Crippen molar-refractivity contribution in [2.24, 2.45) is 5.41 Å². The zero-order valence-corrected chi connectivity index (χ0v) is 15.5. The largest absolute Gasteiger partial charge is 0.354 e. The van der Waals surface area contributed by atoms with Crippen molar-refractivity contribution in [2.45, 2.75) is 45.4 Å². The van der Waals surface area contributed by atoms with Gasteiger partial charge in [0.2, 0.25) is 0 Å². The minimum atomic E-state index is -0.366. The number of halogens is 1. The Morgan fingerprint density at radius 2 is 1.81 bits per heavy atom. The second-order valence-corrected chi connectivity index (χ2v) is 8.40. The lowest BCUT2D eigenvalue weighted by molar-refractivity contribution is 0.0909. The van der Waals surface area contributed by atoms with Gasteiger partial charge in [-0.3, -0.25) is 4.79 Å². The van der Waals surface area contributed by atoms with Gasteiger partial charge < -0.3 is 4.90 Å². The number of hydrogen-bond acceptors (Lipinski definition) is 3. The molecule has 1 aliphatic carbocycles. The van der Waals surface area contributed by atoms with Crippen molar-refractivity contribution in [1.29, 1.82) is 0 Å². The lowest BCUT2D eigenvalue weighted by atomic mass is 9.75. The summed E-state index contributed by atoms with van der Waals surface area (Å²) in [6, 6.07) is 11.9. The summed E-state index contributed by atoms with van der Waals surface area (Å²) in [6.45, 7) is 5.73. The van der Waals surface area contributed by atoms with Crippen LogP contribution in [-0.2, 0) is 6.42 Å². The van der Waals surface area contributed by atoms with Gasteiger partial charge in [0.05, 0.1) is 5.69 Å². The van der Waals surface area contributed by atoms with E-state index >= 15 is 0 Å². The monoisotopic (exact) mass is 352 g/mol. The predicted octanol–water partition coefficient (Wildman–Crippen LogP) is 4.76. The van der Waals surface area contributed by atoms with E-state index in [-0.39, 0.29) is 17.0 Å². The molecule has 2 aliphatic rings. The third kappa shape index (κ3) is 3.25. The molecule has 0 N–H and O–H groups in total. The highest BCUT2D eigenvalue weighted by Crippen LogP contribution is 2.37. The number of pyridine rings is 1. The van der Waals surface area contributed by atoms with E-state index in [1.54, 1.807) is 0 Å². The predicted molar refractivity (Wildman–Crippen MR) is 101 cm³/mol. The van der Waals surface area contributed by atoms with Crippen LogP contribution in [0.1, 0.15) is 60.6 Å². The highest BCUT2D eigenvalue weighted by Gasteiger charge is 2.34. The van der Waals surface area contributed by atoms with E-state index < -0.39 is 0 Å². The smallest absolute Gasteiger partial charge is 0.166 e. The molecule has 1 aromatic carbocycles. The van der Waals surface area contributed by atoms with Gasteiger partial charge in [-0.1, -0.05) is 44.2 Å². The Morgan fingerprint density at radius 3 is 2.50 bits per heavy atom.